The number of H-pyrrole nitrogens is 1. The third-order valence-electron chi connectivity index (χ3n) is 5.62. The molecular formula is C22H28N4O2. The lowest BCUT2D eigenvalue weighted by molar-refractivity contribution is 0.251. The topological polar surface area (TPSA) is 64.5 Å². The van der Waals surface area contributed by atoms with Crippen LogP contribution in [0.3, 0.4) is 0 Å². The number of hydrogen-bond acceptors (Lipinski definition) is 4. The highest BCUT2D eigenvalue weighted by atomic mass is 16.3. The highest BCUT2D eigenvalue weighted by Crippen LogP contribution is 2.20. The van der Waals surface area contributed by atoms with Crippen LogP contribution in [0.15, 0.2) is 53.3 Å². The first-order valence-corrected chi connectivity index (χ1v) is 10.1. The van der Waals surface area contributed by atoms with Crippen molar-refractivity contribution in [2.24, 2.45) is 0 Å². The van der Waals surface area contributed by atoms with Crippen LogP contribution in [0.2, 0.25) is 0 Å². The molecule has 0 atom stereocenters. The second-order valence-corrected chi connectivity index (χ2v) is 7.50. The van der Waals surface area contributed by atoms with E-state index in [4.69, 9.17) is 0 Å². The summed E-state index contributed by atoms with van der Waals surface area (Å²) in [7, 11) is 0. The van der Waals surface area contributed by atoms with Crippen LogP contribution < -0.4 is 10.6 Å². The Morgan fingerprint density at radius 1 is 0.857 bits per heavy atom. The number of unbranched alkanes of at least 4 members (excludes halogenated alkanes) is 2. The summed E-state index contributed by atoms with van der Waals surface area (Å²) in [4.78, 5) is 19.9. The monoisotopic (exact) mass is 380 g/mol. The number of aromatic amines is 1. The second kappa shape index (κ2) is 8.52. The predicted octanol–water partition coefficient (Wildman–Crippen LogP) is 3.03. The maximum atomic E-state index is 12.1. The third kappa shape index (κ3) is 4.22. The van der Waals surface area contributed by atoms with Gasteiger partial charge in [0, 0.05) is 38.4 Å². The van der Waals surface area contributed by atoms with Crippen molar-refractivity contribution in [2.45, 2.75) is 25.8 Å². The van der Waals surface area contributed by atoms with Gasteiger partial charge in [-0.05, 0) is 55.8 Å². The number of piperazine rings is 1. The zero-order chi connectivity index (χ0) is 19.3. The van der Waals surface area contributed by atoms with Gasteiger partial charge in [0.2, 0.25) is 0 Å². The number of nitrogens with one attached hydrogen (secondary N) is 1. The molecule has 0 unspecified atom stereocenters. The van der Waals surface area contributed by atoms with Crippen molar-refractivity contribution in [1.82, 2.24) is 14.5 Å². The minimum atomic E-state index is -0.00782. The number of phenolic OH excluding ortho intramolecular Hbond substituents is 1. The number of imidazole rings is 1. The van der Waals surface area contributed by atoms with E-state index in [0.29, 0.717) is 5.75 Å². The van der Waals surface area contributed by atoms with E-state index in [0.717, 1.165) is 69.6 Å². The highest BCUT2D eigenvalue weighted by molar-refractivity contribution is 5.74. The SMILES string of the molecule is O=c1[nH]c2ccccc2n1CCCCCN1CCN(c2ccc(O)cc2)CC1. The van der Waals surface area contributed by atoms with Crippen molar-refractivity contribution >= 4 is 16.7 Å². The van der Waals surface area contributed by atoms with Crippen molar-refractivity contribution in [1.29, 1.82) is 0 Å². The average molecular weight is 380 g/mol. The first kappa shape index (κ1) is 18.6. The van der Waals surface area contributed by atoms with E-state index in [1.54, 1.807) is 12.1 Å². The van der Waals surface area contributed by atoms with Crippen molar-refractivity contribution in [3.8, 4) is 5.75 Å². The Bertz CT molecular complexity index is 953. The van der Waals surface area contributed by atoms with Gasteiger partial charge in [-0.3, -0.25) is 9.47 Å². The molecule has 28 heavy (non-hydrogen) atoms. The molecule has 0 saturated carbocycles. The summed E-state index contributed by atoms with van der Waals surface area (Å²) >= 11 is 0. The molecule has 1 fully saturated rings. The molecule has 1 aliphatic heterocycles. The summed E-state index contributed by atoms with van der Waals surface area (Å²) in [6.45, 7) is 6.08. The molecule has 2 N–H and O–H groups in total. The number of aromatic nitrogens is 2. The molecule has 1 aliphatic rings. The van der Waals surface area contributed by atoms with Crippen LogP contribution >= 0.6 is 0 Å². The van der Waals surface area contributed by atoms with E-state index >= 15 is 0 Å². The lowest BCUT2D eigenvalue weighted by atomic mass is 10.2. The van der Waals surface area contributed by atoms with E-state index in [-0.39, 0.29) is 5.69 Å². The molecule has 1 saturated heterocycles. The number of aromatic hydroxyl groups is 1. The molecule has 148 valence electrons. The Balaban J connectivity index is 1.18. The van der Waals surface area contributed by atoms with Gasteiger partial charge in [-0.2, -0.15) is 0 Å². The van der Waals surface area contributed by atoms with Gasteiger partial charge in [0.25, 0.3) is 0 Å². The minimum Gasteiger partial charge on any atom is -0.508 e. The molecule has 2 heterocycles. The lowest BCUT2D eigenvalue weighted by Crippen LogP contribution is -2.46. The molecule has 6 nitrogen and oxygen atoms in total. The molecule has 4 rings (SSSR count). The zero-order valence-electron chi connectivity index (χ0n) is 16.2. The molecule has 1 aromatic heterocycles. The third-order valence-corrected chi connectivity index (χ3v) is 5.62. The summed E-state index contributed by atoms with van der Waals surface area (Å²) in [5.74, 6) is 0.317. The Morgan fingerprint density at radius 3 is 2.36 bits per heavy atom. The summed E-state index contributed by atoms with van der Waals surface area (Å²) in [5.41, 5.74) is 3.09. The van der Waals surface area contributed by atoms with Crippen LogP contribution in [0, 0.1) is 0 Å². The molecular weight excluding hydrogens is 352 g/mol. The van der Waals surface area contributed by atoms with Gasteiger partial charge >= 0.3 is 5.69 Å². The number of anilines is 1. The Kier molecular flexibility index (Phi) is 5.67. The van der Waals surface area contributed by atoms with Crippen LogP contribution in [-0.4, -0.2) is 52.3 Å². The van der Waals surface area contributed by atoms with Crippen LogP contribution in [-0.2, 0) is 6.54 Å². The number of phenols is 1. The quantitative estimate of drug-likeness (QED) is 0.619. The smallest absolute Gasteiger partial charge is 0.326 e. The predicted molar refractivity (Wildman–Crippen MR) is 113 cm³/mol. The van der Waals surface area contributed by atoms with Crippen LogP contribution in [0.4, 0.5) is 5.69 Å². The molecule has 0 amide bonds. The van der Waals surface area contributed by atoms with Crippen LogP contribution in [0.1, 0.15) is 19.3 Å². The van der Waals surface area contributed by atoms with Crippen LogP contribution in [0.25, 0.3) is 11.0 Å². The molecule has 3 aromatic rings. The maximum Gasteiger partial charge on any atom is 0.326 e. The zero-order valence-corrected chi connectivity index (χ0v) is 16.2. The Labute approximate surface area is 165 Å². The molecule has 0 bridgehead atoms. The van der Waals surface area contributed by atoms with Crippen molar-refractivity contribution in [3.05, 3.63) is 59.0 Å². The van der Waals surface area contributed by atoms with Gasteiger partial charge in [0.05, 0.1) is 11.0 Å². The van der Waals surface area contributed by atoms with Gasteiger partial charge < -0.3 is 15.0 Å². The second-order valence-electron chi connectivity index (χ2n) is 7.50. The summed E-state index contributed by atoms with van der Waals surface area (Å²) in [5, 5.41) is 9.42. The van der Waals surface area contributed by atoms with Gasteiger partial charge in [0.15, 0.2) is 0 Å². The normalized spacial score (nSPS) is 15.4. The number of aryl methyl sites for hydroxylation is 1. The summed E-state index contributed by atoms with van der Waals surface area (Å²) < 4.78 is 1.85. The maximum absolute atomic E-state index is 12.1. The van der Waals surface area contributed by atoms with E-state index in [1.807, 2.05) is 41.0 Å². The lowest BCUT2D eigenvalue weighted by Gasteiger charge is -2.36. The molecule has 6 heteroatoms. The standard InChI is InChI=1S/C22H28N4O2/c27-19-10-8-18(9-11-19)25-16-14-24(15-17-25)12-4-1-5-13-26-21-7-3-2-6-20(21)23-22(26)28/h2-3,6-11,27H,1,4-5,12-17H2,(H,23,28). The fourth-order valence-electron chi connectivity index (χ4n) is 4.00. The largest absolute Gasteiger partial charge is 0.508 e. The number of benzene rings is 2. The minimum absolute atomic E-state index is 0.00782. The van der Waals surface area contributed by atoms with Crippen LogP contribution in [0.5, 0.6) is 5.75 Å². The molecule has 0 spiro atoms. The fourth-order valence-corrected chi connectivity index (χ4v) is 4.00. The van der Waals surface area contributed by atoms with E-state index in [2.05, 4.69) is 14.8 Å². The van der Waals surface area contributed by atoms with Gasteiger partial charge in [0.1, 0.15) is 5.75 Å². The number of fused-ring (bicyclic) bond motifs is 1. The molecule has 0 radical (unpaired) electrons. The molecule has 2 aromatic carbocycles. The fraction of sp³-hybridized carbons (Fsp3) is 0.409. The number of para-hydroxylation sites is 2. The summed E-state index contributed by atoms with van der Waals surface area (Å²) in [6.07, 6.45) is 3.32. The highest BCUT2D eigenvalue weighted by Gasteiger charge is 2.16. The van der Waals surface area contributed by atoms with Crippen molar-refractivity contribution < 1.29 is 5.11 Å². The Morgan fingerprint density at radius 2 is 1.57 bits per heavy atom. The van der Waals surface area contributed by atoms with Gasteiger partial charge in [-0.15, -0.1) is 0 Å². The number of rotatable bonds is 7. The summed E-state index contributed by atoms with van der Waals surface area (Å²) in [6, 6.07) is 15.3. The Hall–Kier alpha value is -2.73. The average Bonchev–Trinajstić information content (AvgIpc) is 3.04. The van der Waals surface area contributed by atoms with Gasteiger partial charge in [-0.1, -0.05) is 18.6 Å². The first-order chi connectivity index (χ1) is 13.7. The van der Waals surface area contributed by atoms with Crippen molar-refractivity contribution in [2.75, 3.05) is 37.6 Å². The molecule has 0 aliphatic carbocycles. The van der Waals surface area contributed by atoms with Gasteiger partial charge in [-0.25, -0.2) is 4.79 Å². The van der Waals surface area contributed by atoms with E-state index in [1.165, 1.54) is 5.69 Å². The number of nitrogens with zero attached hydrogens (tertiary/aromatic N) is 3. The van der Waals surface area contributed by atoms with E-state index in [9.17, 15) is 9.90 Å². The number of hydrogen-bond donors (Lipinski definition) is 2. The van der Waals surface area contributed by atoms with E-state index < -0.39 is 0 Å². The van der Waals surface area contributed by atoms with Crippen molar-refractivity contribution in [3.63, 3.8) is 0 Å². The first-order valence-electron chi connectivity index (χ1n) is 10.1.